The van der Waals surface area contributed by atoms with Gasteiger partial charge in [0.15, 0.2) is 0 Å². The van der Waals surface area contributed by atoms with Gasteiger partial charge in [0, 0.05) is 17.6 Å². The molecule has 2 aromatic carbocycles. The van der Waals surface area contributed by atoms with Gasteiger partial charge in [-0.05, 0) is 49.1 Å². The van der Waals surface area contributed by atoms with Crippen LogP contribution in [0.2, 0.25) is 0 Å². The zero-order valence-electron chi connectivity index (χ0n) is 20.4. The molecule has 0 aliphatic carbocycles. The summed E-state index contributed by atoms with van der Waals surface area (Å²) < 4.78 is 27.1. The molecule has 0 saturated heterocycles. The average Bonchev–Trinajstić information content (AvgIpc) is 2.75. The normalized spacial score (nSPS) is 12.3. The SMILES string of the molecule is CC[C@H](C(=O)NCC(C)C)N(Cc1cccc(C)c1)C(=O)CN(c1ccc(Br)cc1)S(C)(=O)=O. The second-order valence-electron chi connectivity index (χ2n) is 8.82. The smallest absolute Gasteiger partial charge is 0.244 e. The lowest BCUT2D eigenvalue weighted by atomic mass is 10.1. The Kier molecular flexibility index (Phi) is 10.1. The Morgan fingerprint density at radius 2 is 1.74 bits per heavy atom. The van der Waals surface area contributed by atoms with Crippen LogP contribution in [0.4, 0.5) is 5.69 Å². The quantitative estimate of drug-likeness (QED) is 0.455. The Morgan fingerprint density at radius 3 is 2.26 bits per heavy atom. The molecule has 0 unspecified atom stereocenters. The van der Waals surface area contributed by atoms with Crippen molar-refractivity contribution in [3.63, 3.8) is 0 Å². The molecule has 1 atom stereocenters. The third-order valence-corrected chi connectivity index (χ3v) is 6.97. The standard InChI is InChI=1S/C25H34BrN3O4S/c1-6-23(25(31)27-15-18(2)3)28(16-20-9-7-8-19(4)14-20)24(30)17-29(34(5,32)33)22-12-10-21(26)11-13-22/h7-14,18,23H,6,15-17H2,1-5H3,(H,27,31)/t23-/m1/s1. The van der Waals surface area contributed by atoms with E-state index >= 15 is 0 Å². The fraction of sp³-hybridized carbons (Fsp3) is 0.440. The first-order chi connectivity index (χ1) is 15.9. The number of carbonyl (C=O) groups excluding carboxylic acids is 2. The Labute approximate surface area is 211 Å². The van der Waals surface area contributed by atoms with E-state index in [-0.39, 0.29) is 18.4 Å². The predicted octanol–water partition coefficient (Wildman–Crippen LogP) is 4.10. The van der Waals surface area contributed by atoms with Gasteiger partial charge in [-0.25, -0.2) is 8.42 Å². The van der Waals surface area contributed by atoms with Gasteiger partial charge in [0.25, 0.3) is 0 Å². The van der Waals surface area contributed by atoms with Crippen LogP contribution >= 0.6 is 15.9 Å². The Morgan fingerprint density at radius 1 is 1.09 bits per heavy atom. The van der Waals surface area contributed by atoms with Crippen LogP contribution in [0.3, 0.4) is 0 Å². The molecule has 2 aromatic rings. The molecule has 2 amide bonds. The van der Waals surface area contributed by atoms with E-state index in [2.05, 4.69) is 21.2 Å². The van der Waals surface area contributed by atoms with E-state index in [1.54, 1.807) is 24.3 Å². The number of anilines is 1. The molecule has 0 aromatic heterocycles. The van der Waals surface area contributed by atoms with E-state index in [1.165, 1.54) is 4.90 Å². The van der Waals surface area contributed by atoms with E-state index in [0.29, 0.717) is 18.7 Å². The van der Waals surface area contributed by atoms with Gasteiger partial charge in [-0.15, -0.1) is 0 Å². The van der Waals surface area contributed by atoms with Crippen molar-refractivity contribution in [2.45, 2.75) is 46.7 Å². The van der Waals surface area contributed by atoms with Crippen LogP contribution in [0.5, 0.6) is 0 Å². The molecule has 1 N–H and O–H groups in total. The average molecular weight is 553 g/mol. The maximum Gasteiger partial charge on any atom is 0.244 e. The number of carbonyl (C=O) groups is 2. The third kappa shape index (κ3) is 8.13. The van der Waals surface area contributed by atoms with E-state index in [9.17, 15) is 18.0 Å². The Bertz CT molecular complexity index is 1090. The van der Waals surface area contributed by atoms with Crippen LogP contribution in [0.25, 0.3) is 0 Å². The molecule has 0 saturated carbocycles. The molecule has 0 fully saturated rings. The van der Waals surface area contributed by atoms with Gasteiger partial charge in [0.05, 0.1) is 11.9 Å². The van der Waals surface area contributed by atoms with Crippen LogP contribution in [0, 0.1) is 12.8 Å². The monoisotopic (exact) mass is 551 g/mol. The number of hydrogen-bond acceptors (Lipinski definition) is 4. The van der Waals surface area contributed by atoms with Crippen molar-refractivity contribution in [1.29, 1.82) is 0 Å². The maximum absolute atomic E-state index is 13.6. The van der Waals surface area contributed by atoms with Gasteiger partial charge >= 0.3 is 0 Å². The first-order valence-corrected chi connectivity index (χ1v) is 13.9. The summed E-state index contributed by atoms with van der Waals surface area (Å²) in [5, 5.41) is 2.92. The number of sulfonamides is 1. The minimum absolute atomic E-state index is 0.200. The Hall–Kier alpha value is -2.39. The van der Waals surface area contributed by atoms with Crippen LogP contribution < -0.4 is 9.62 Å². The summed E-state index contributed by atoms with van der Waals surface area (Å²) in [6.45, 7) is 8.10. The molecule has 0 spiro atoms. The van der Waals surface area contributed by atoms with Gasteiger partial charge < -0.3 is 10.2 Å². The second kappa shape index (κ2) is 12.4. The third-order valence-electron chi connectivity index (χ3n) is 5.30. The highest BCUT2D eigenvalue weighted by Crippen LogP contribution is 2.22. The Balaban J connectivity index is 2.41. The van der Waals surface area contributed by atoms with Gasteiger partial charge in [-0.2, -0.15) is 0 Å². The lowest BCUT2D eigenvalue weighted by molar-refractivity contribution is -0.140. The molecule has 0 heterocycles. The van der Waals surface area contributed by atoms with Crippen molar-refractivity contribution >= 4 is 43.5 Å². The lowest BCUT2D eigenvalue weighted by Crippen LogP contribution is -2.52. The number of hydrogen-bond donors (Lipinski definition) is 1. The summed E-state index contributed by atoms with van der Waals surface area (Å²) >= 11 is 3.34. The summed E-state index contributed by atoms with van der Waals surface area (Å²) in [5.74, 6) is -0.423. The van der Waals surface area contributed by atoms with Gasteiger partial charge in [-0.3, -0.25) is 13.9 Å². The fourth-order valence-corrected chi connectivity index (χ4v) is 4.68. The zero-order valence-corrected chi connectivity index (χ0v) is 22.8. The van der Waals surface area contributed by atoms with Crippen LogP contribution in [-0.2, 0) is 26.2 Å². The van der Waals surface area contributed by atoms with Crippen LogP contribution in [-0.4, -0.2) is 50.5 Å². The van der Waals surface area contributed by atoms with E-state index in [1.807, 2.05) is 52.0 Å². The number of halogens is 1. The molecule has 9 heteroatoms. The molecule has 2 rings (SSSR count). The predicted molar refractivity (Wildman–Crippen MR) is 140 cm³/mol. The number of rotatable bonds is 11. The van der Waals surface area contributed by atoms with Crippen molar-refractivity contribution in [3.8, 4) is 0 Å². The molecule has 0 bridgehead atoms. The first kappa shape index (κ1) is 27.9. The molecule has 34 heavy (non-hydrogen) atoms. The summed E-state index contributed by atoms with van der Waals surface area (Å²) in [6, 6.07) is 13.7. The minimum atomic E-state index is -3.74. The van der Waals surface area contributed by atoms with E-state index in [0.717, 1.165) is 26.2 Å². The van der Waals surface area contributed by atoms with E-state index < -0.39 is 28.5 Å². The number of nitrogens with zero attached hydrogens (tertiary/aromatic N) is 2. The molecule has 0 radical (unpaired) electrons. The molecule has 186 valence electrons. The van der Waals surface area contributed by atoms with Crippen molar-refractivity contribution < 1.29 is 18.0 Å². The summed E-state index contributed by atoms with van der Waals surface area (Å²) in [7, 11) is -3.74. The van der Waals surface area contributed by atoms with Crippen molar-refractivity contribution in [2.24, 2.45) is 5.92 Å². The van der Waals surface area contributed by atoms with Crippen molar-refractivity contribution in [3.05, 3.63) is 64.1 Å². The second-order valence-corrected chi connectivity index (χ2v) is 11.6. The van der Waals surface area contributed by atoms with Crippen LogP contribution in [0.15, 0.2) is 53.0 Å². The molecular formula is C25H34BrN3O4S. The topological polar surface area (TPSA) is 86.8 Å². The summed E-state index contributed by atoms with van der Waals surface area (Å²) in [6.07, 6.45) is 1.47. The highest BCUT2D eigenvalue weighted by atomic mass is 79.9. The number of aryl methyl sites for hydroxylation is 1. The van der Waals surface area contributed by atoms with Crippen molar-refractivity contribution in [1.82, 2.24) is 10.2 Å². The number of nitrogens with one attached hydrogen (secondary N) is 1. The lowest BCUT2D eigenvalue weighted by Gasteiger charge is -2.33. The van der Waals surface area contributed by atoms with Gasteiger partial charge in [-0.1, -0.05) is 66.5 Å². The number of benzene rings is 2. The molecular weight excluding hydrogens is 518 g/mol. The number of amides is 2. The highest BCUT2D eigenvalue weighted by Gasteiger charge is 2.31. The summed E-state index contributed by atoms with van der Waals surface area (Å²) in [5.41, 5.74) is 2.29. The molecule has 0 aliphatic heterocycles. The molecule has 7 nitrogen and oxygen atoms in total. The fourth-order valence-electron chi connectivity index (χ4n) is 3.57. The van der Waals surface area contributed by atoms with Gasteiger partial charge in [0.1, 0.15) is 12.6 Å². The zero-order chi connectivity index (χ0) is 25.5. The largest absolute Gasteiger partial charge is 0.354 e. The summed E-state index contributed by atoms with van der Waals surface area (Å²) in [4.78, 5) is 28.1. The first-order valence-electron chi connectivity index (χ1n) is 11.3. The van der Waals surface area contributed by atoms with E-state index in [4.69, 9.17) is 0 Å². The van der Waals surface area contributed by atoms with Crippen molar-refractivity contribution in [2.75, 3.05) is 23.7 Å². The van der Waals surface area contributed by atoms with Gasteiger partial charge in [0.2, 0.25) is 21.8 Å². The molecule has 0 aliphatic rings. The minimum Gasteiger partial charge on any atom is -0.354 e. The highest BCUT2D eigenvalue weighted by molar-refractivity contribution is 9.10. The maximum atomic E-state index is 13.6. The van der Waals surface area contributed by atoms with Crippen LogP contribution in [0.1, 0.15) is 38.3 Å².